The van der Waals surface area contributed by atoms with Crippen LogP contribution in [0.3, 0.4) is 0 Å². The number of hydrogen-bond donors (Lipinski definition) is 1. The van der Waals surface area contributed by atoms with Gasteiger partial charge in [-0.25, -0.2) is 0 Å². The first-order valence-corrected chi connectivity index (χ1v) is 12.3. The van der Waals surface area contributed by atoms with E-state index in [-0.39, 0.29) is 5.43 Å². The summed E-state index contributed by atoms with van der Waals surface area (Å²) in [7, 11) is 0. The zero-order chi connectivity index (χ0) is 24.5. The summed E-state index contributed by atoms with van der Waals surface area (Å²) in [5.74, 6) is 0. The Balaban J connectivity index is 1.64. The number of benzene rings is 4. The summed E-state index contributed by atoms with van der Waals surface area (Å²) in [4.78, 5) is 13.4. The lowest BCUT2D eigenvalue weighted by Crippen LogP contribution is -2.12. The Morgan fingerprint density at radius 3 is 2.17 bits per heavy atom. The van der Waals surface area contributed by atoms with Crippen LogP contribution in [0, 0.1) is 0 Å². The van der Waals surface area contributed by atoms with Crippen LogP contribution in [0.2, 0.25) is 20.1 Å². The molecule has 174 valence electrons. The Morgan fingerprint density at radius 1 is 0.714 bits per heavy atom. The smallest absolute Gasteiger partial charge is 0.197 e. The van der Waals surface area contributed by atoms with E-state index in [9.17, 15) is 4.79 Å². The molecule has 1 N–H and O–H groups in total. The average Bonchev–Trinajstić information content (AvgIpc) is 2.87. The largest absolute Gasteiger partial charge is 0.379 e. The standard InChI is InChI=1S/C28H18Cl4N2O/c29-21-11-9-17(13-23(21)31)15-33-25-6-2-4-8-27(25)34-16-20(18-10-12-22(30)24(32)14-18)28(35)19-5-1-3-7-26(19)34/h1-14,16,33H,15H2. The Bertz CT molecular complexity index is 1630. The molecule has 0 unspecified atom stereocenters. The fraction of sp³-hybridized carbons (Fsp3) is 0.0357. The predicted molar refractivity (Wildman–Crippen MR) is 149 cm³/mol. The lowest BCUT2D eigenvalue weighted by atomic mass is 10.0. The van der Waals surface area contributed by atoms with E-state index in [1.807, 2.05) is 71.4 Å². The Labute approximate surface area is 222 Å². The lowest BCUT2D eigenvalue weighted by molar-refractivity contribution is 1.08. The van der Waals surface area contributed by atoms with Crippen molar-refractivity contribution in [3.05, 3.63) is 127 Å². The van der Waals surface area contributed by atoms with E-state index < -0.39 is 0 Å². The van der Waals surface area contributed by atoms with Crippen LogP contribution in [-0.4, -0.2) is 4.57 Å². The van der Waals surface area contributed by atoms with E-state index in [2.05, 4.69) is 5.32 Å². The van der Waals surface area contributed by atoms with Crippen molar-refractivity contribution in [1.82, 2.24) is 4.57 Å². The summed E-state index contributed by atoms with van der Waals surface area (Å²) in [6, 6.07) is 26.3. The van der Waals surface area contributed by atoms with E-state index in [0.29, 0.717) is 43.1 Å². The van der Waals surface area contributed by atoms with Gasteiger partial charge in [0.25, 0.3) is 0 Å². The normalized spacial score (nSPS) is 11.1. The van der Waals surface area contributed by atoms with Crippen molar-refractivity contribution >= 4 is 63.0 Å². The molecule has 0 radical (unpaired) electrons. The molecule has 35 heavy (non-hydrogen) atoms. The van der Waals surface area contributed by atoms with Crippen molar-refractivity contribution in [2.75, 3.05) is 5.32 Å². The molecule has 0 saturated heterocycles. The third-order valence-electron chi connectivity index (χ3n) is 5.77. The molecule has 0 amide bonds. The van der Waals surface area contributed by atoms with Crippen LogP contribution in [0.1, 0.15) is 5.56 Å². The van der Waals surface area contributed by atoms with E-state index in [1.165, 1.54) is 0 Å². The number of anilines is 1. The summed E-state index contributed by atoms with van der Waals surface area (Å²) in [6.07, 6.45) is 1.85. The van der Waals surface area contributed by atoms with Gasteiger partial charge in [0.15, 0.2) is 5.43 Å². The minimum absolute atomic E-state index is 0.0727. The maximum absolute atomic E-state index is 13.4. The zero-order valence-corrected chi connectivity index (χ0v) is 21.3. The molecular weight excluding hydrogens is 522 g/mol. The Hall–Kier alpha value is -2.95. The number of para-hydroxylation sites is 3. The summed E-state index contributed by atoms with van der Waals surface area (Å²) < 4.78 is 2.02. The third kappa shape index (κ3) is 4.78. The fourth-order valence-corrected chi connectivity index (χ4v) is 4.65. The first-order chi connectivity index (χ1) is 16.9. The molecule has 4 aromatic carbocycles. The van der Waals surface area contributed by atoms with E-state index in [1.54, 1.807) is 24.3 Å². The van der Waals surface area contributed by atoms with E-state index in [4.69, 9.17) is 46.4 Å². The predicted octanol–water partition coefficient (Wildman–Crippen LogP) is 8.88. The maximum Gasteiger partial charge on any atom is 0.197 e. The monoisotopic (exact) mass is 538 g/mol. The molecule has 0 spiro atoms. The SMILES string of the molecule is O=c1c(-c2ccc(Cl)c(Cl)c2)cn(-c2ccccc2NCc2ccc(Cl)c(Cl)c2)c2ccccc12. The molecular formula is C28H18Cl4N2O. The Morgan fingerprint density at radius 2 is 1.40 bits per heavy atom. The third-order valence-corrected chi connectivity index (χ3v) is 7.25. The van der Waals surface area contributed by atoms with Crippen molar-refractivity contribution in [2.45, 2.75) is 6.54 Å². The lowest BCUT2D eigenvalue weighted by Gasteiger charge is -2.18. The minimum atomic E-state index is -0.0727. The summed E-state index contributed by atoms with van der Waals surface area (Å²) in [5, 5.41) is 5.96. The molecule has 0 saturated carbocycles. The molecule has 0 aliphatic heterocycles. The zero-order valence-electron chi connectivity index (χ0n) is 18.2. The molecule has 1 aromatic heterocycles. The molecule has 3 nitrogen and oxygen atoms in total. The van der Waals surface area contributed by atoms with Crippen molar-refractivity contribution in [2.24, 2.45) is 0 Å². The van der Waals surface area contributed by atoms with E-state index >= 15 is 0 Å². The Kier molecular flexibility index (Phi) is 6.77. The van der Waals surface area contributed by atoms with Gasteiger partial charge in [0, 0.05) is 23.7 Å². The average molecular weight is 540 g/mol. The number of fused-ring (bicyclic) bond motifs is 1. The van der Waals surface area contributed by atoms with Crippen LogP contribution in [0.4, 0.5) is 5.69 Å². The number of halogens is 4. The minimum Gasteiger partial charge on any atom is -0.379 e. The molecule has 0 atom stereocenters. The molecule has 0 aliphatic rings. The summed E-state index contributed by atoms with van der Waals surface area (Å²) >= 11 is 24.6. The van der Waals surface area contributed by atoms with Gasteiger partial charge in [0.1, 0.15) is 0 Å². The molecule has 1 heterocycles. The second-order valence-electron chi connectivity index (χ2n) is 8.01. The number of pyridine rings is 1. The molecule has 0 aliphatic carbocycles. The quantitative estimate of drug-likeness (QED) is 0.242. The fourth-order valence-electron chi connectivity index (χ4n) is 4.03. The number of nitrogens with zero attached hydrogens (tertiary/aromatic N) is 1. The summed E-state index contributed by atoms with van der Waals surface area (Å²) in [5.41, 5.74) is 4.74. The van der Waals surface area contributed by atoms with Gasteiger partial charge in [0.05, 0.1) is 37.0 Å². The molecule has 0 bridgehead atoms. The van der Waals surface area contributed by atoms with Crippen LogP contribution in [0.25, 0.3) is 27.7 Å². The van der Waals surface area contributed by atoms with Crippen LogP contribution < -0.4 is 10.7 Å². The van der Waals surface area contributed by atoms with Gasteiger partial charge in [-0.3, -0.25) is 4.79 Å². The van der Waals surface area contributed by atoms with Gasteiger partial charge >= 0.3 is 0 Å². The van der Waals surface area contributed by atoms with Gasteiger partial charge in [-0.05, 0) is 59.7 Å². The second kappa shape index (κ2) is 9.96. The highest BCUT2D eigenvalue weighted by Gasteiger charge is 2.15. The highest BCUT2D eigenvalue weighted by atomic mass is 35.5. The molecule has 5 rings (SSSR count). The van der Waals surface area contributed by atoms with Crippen LogP contribution >= 0.6 is 46.4 Å². The number of nitrogens with one attached hydrogen (secondary N) is 1. The van der Waals surface area contributed by atoms with Gasteiger partial charge in [-0.1, -0.05) is 82.8 Å². The van der Waals surface area contributed by atoms with Gasteiger partial charge < -0.3 is 9.88 Å². The van der Waals surface area contributed by atoms with Crippen LogP contribution in [0.5, 0.6) is 0 Å². The number of rotatable bonds is 5. The topological polar surface area (TPSA) is 34.0 Å². The number of hydrogen-bond acceptors (Lipinski definition) is 2. The van der Waals surface area contributed by atoms with Crippen LogP contribution in [0.15, 0.2) is 95.9 Å². The maximum atomic E-state index is 13.4. The van der Waals surface area contributed by atoms with E-state index in [0.717, 1.165) is 22.5 Å². The van der Waals surface area contributed by atoms with Gasteiger partial charge in [-0.2, -0.15) is 0 Å². The molecule has 7 heteroatoms. The van der Waals surface area contributed by atoms with Crippen molar-refractivity contribution < 1.29 is 0 Å². The summed E-state index contributed by atoms with van der Waals surface area (Å²) in [6.45, 7) is 0.547. The van der Waals surface area contributed by atoms with Crippen molar-refractivity contribution in [1.29, 1.82) is 0 Å². The number of aromatic nitrogens is 1. The molecule has 5 aromatic rings. The van der Waals surface area contributed by atoms with Crippen LogP contribution in [-0.2, 0) is 6.54 Å². The highest BCUT2D eigenvalue weighted by molar-refractivity contribution is 6.42. The van der Waals surface area contributed by atoms with Crippen molar-refractivity contribution in [3.63, 3.8) is 0 Å². The van der Waals surface area contributed by atoms with Gasteiger partial charge in [-0.15, -0.1) is 0 Å². The van der Waals surface area contributed by atoms with Gasteiger partial charge in [0.2, 0.25) is 0 Å². The highest BCUT2D eigenvalue weighted by Crippen LogP contribution is 2.31. The second-order valence-corrected chi connectivity index (χ2v) is 9.64. The van der Waals surface area contributed by atoms with Crippen molar-refractivity contribution in [3.8, 4) is 16.8 Å². The molecule has 0 fully saturated rings. The first-order valence-electron chi connectivity index (χ1n) is 10.8. The first kappa shape index (κ1) is 23.8.